The molecule has 1 aromatic heterocycles. The normalized spacial score (nSPS) is 24.6. The first kappa shape index (κ1) is 22.8. The molecule has 0 aliphatic heterocycles. The first-order valence-corrected chi connectivity index (χ1v) is 12.4. The third-order valence-corrected chi connectivity index (χ3v) is 7.14. The van der Waals surface area contributed by atoms with E-state index < -0.39 is 0 Å². The van der Waals surface area contributed by atoms with Crippen LogP contribution in [0, 0.1) is 24.7 Å². The minimum Gasteiger partial charge on any atom is -0.392 e. The van der Waals surface area contributed by atoms with Gasteiger partial charge in [0.1, 0.15) is 5.82 Å². The van der Waals surface area contributed by atoms with Gasteiger partial charge in [0.25, 0.3) is 0 Å². The molecule has 0 bridgehead atoms. The third kappa shape index (κ3) is 6.32. The average Bonchev–Trinajstić information content (AvgIpc) is 3.31. The number of fused-ring (bicyclic) bond motifs is 1. The van der Waals surface area contributed by atoms with Gasteiger partial charge in [-0.1, -0.05) is 66.1 Å². The average molecular weight is 431 g/mol. The molecule has 3 heteroatoms. The topological polar surface area (TPSA) is 45.2 Å². The number of benzene rings is 1. The molecule has 1 heterocycles. The van der Waals surface area contributed by atoms with Crippen LogP contribution in [0.2, 0.25) is 0 Å². The van der Waals surface area contributed by atoms with Gasteiger partial charge in [-0.05, 0) is 81.4 Å². The predicted octanol–water partition coefficient (Wildman–Crippen LogP) is 6.49. The van der Waals surface area contributed by atoms with E-state index in [1.54, 1.807) is 5.57 Å². The number of rotatable bonds is 11. The summed E-state index contributed by atoms with van der Waals surface area (Å²) in [5.41, 5.74) is 4.36. The Morgan fingerprint density at radius 1 is 1.09 bits per heavy atom. The van der Waals surface area contributed by atoms with Crippen LogP contribution in [0.25, 0.3) is 0 Å². The zero-order chi connectivity index (χ0) is 22.2. The number of aliphatic hydroxyl groups excluding tert-OH is 1. The van der Waals surface area contributed by atoms with Crippen molar-refractivity contribution in [1.29, 1.82) is 0 Å². The monoisotopic (exact) mass is 430 g/mol. The summed E-state index contributed by atoms with van der Waals surface area (Å²) in [6, 6.07) is 14.8. The van der Waals surface area contributed by atoms with E-state index in [-0.39, 0.29) is 6.10 Å². The van der Waals surface area contributed by atoms with Gasteiger partial charge < -0.3 is 10.4 Å². The molecule has 2 aliphatic rings. The number of nitrogens with one attached hydrogen (secondary N) is 1. The Morgan fingerprint density at radius 2 is 2.03 bits per heavy atom. The second-order valence-electron chi connectivity index (χ2n) is 9.65. The fourth-order valence-electron chi connectivity index (χ4n) is 5.50. The van der Waals surface area contributed by atoms with E-state index in [9.17, 15) is 5.11 Å². The number of nitrogens with zero attached hydrogens (tertiary/aromatic N) is 1. The van der Waals surface area contributed by atoms with Gasteiger partial charge in [0.2, 0.25) is 0 Å². The summed E-state index contributed by atoms with van der Waals surface area (Å²) in [7, 11) is 0. The maximum absolute atomic E-state index is 10.6. The van der Waals surface area contributed by atoms with Crippen LogP contribution in [0.3, 0.4) is 0 Å². The maximum Gasteiger partial charge on any atom is 0.125 e. The van der Waals surface area contributed by atoms with Gasteiger partial charge in [-0.25, -0.2) is 4.98 Å². The minimum absolute atomic E-state index is 0.171. The summed E-state index contributed by atoms with van der Waals surface area (Å²) < 4.78 is 0. The lowest BCUT2D eigenvalue weighted by Crippen LogP contribution is -2.17. The second kappa shape index (κ2) is 11.5. The molecule has 0 unspecified atom stereocenters. The number of hydrogen-bond acceptors (Lipinski definition) is 3. The van der Waals surface area contributed by atoms with Crippen molar-refractivity contribution in [3.05, 3.63) is 83.6 Å². The lowest BCUT2D eigenvalue weighted by molar-refractivity contribution is 0.141. The molecule has 32 heavy (non-hydrogen) atoms. The molecule has 0 saturated heterocycles. The Bertz CT molecular complexity index is 904. The van der Waals surface area contributed by atoms with Gasteiger partial charge in [0.15, 0.2) is 0 Å². The Hall–Kier alpha value is -2.39. The molecule has 4 rings (SSSR count). The Balaban J connectivity index is 1.15. The van der Waals surface area contributed by atoms with Crippen LogP contribution in [-0.4, -0.2) is 22.7 Å². The van der Waals surface area contributed by atoms with Gasteiger partial charge >= 0.3 is 0 Å². The van der Waals surface area contributed by atoms with Crippen molar-refractivity contribution >= 4 is 5.82 Å². The van der Waals surface area contributed by atoms with Crippen LogP contribution in [0.1, 0.15) is 56.1 Å². The molecule has 1 saturated carbocycles. The van der Waals surface area contributed by atoms with Crippen molar-refractivity contribution in [1.82, 2.24) is 4.98 Å². The van der Waals surface area contributed by atoms with Gasteiger partial charge in [-0.15, -0.1) is 0 Å². The Labute approximate surface area is 193 Å². The fourth-order valence-corrected chi connectivity index (χ4v) is 5.50. The number of pyridine rings is 1. The first-order chi connectivity index (χ1) is 15.7. The number of anilines is 1. The van der Waals surface area contributed by atoms with Crippen molar-refractivity contribution in [2.75, 3.05) is 11.9 Å². The van der Waals surface area contributed by atoms with Crippen LogP contribution in [0.4, 0.5) is 5.82 Å². The van der Waals surface area contributed by atoms with Crippen molar-refractivity contribution < 1.29 is 5.11 Å². The molecule has 0 amide bonds. The fraction of sp³-hybridized carbons (Fsp3) is 0.483. The van der Waals surface area contributed by atoms with E-state index >= 15 is 0 Å². The summed E-state index contributed by atoms with van der Waals surface area (Å²) >= 11 is 0. The number of unbranched alkanes of at least 4 members (excludes halogenated alkanes) is 2. The molecule has 2 aliphatic carbocycles. The minimum atomic E-state index is -0.171. The molecule has 170 valence electrons. The molecule has 0 radical (unpaired) electrons. The summed E-state index contributed by atoms with van der Waals surface area (Å²) in [6.45, 7) is 3.14. The highest BCUT2D eigenvalue weighted by molar-refractivity contribution is 5.32. The SMILES string of the molecule is Cc1cccc(CC/C=C/[C@@H]2[C@H]3CC(CCCCCNc4ccccn4)=C[C@H]3C[C@H]2O)c1. The number of aliphatic hydroxyl groups is 1. The quantitative estimate of drug-likeness (QED) is 0.316. The highest BCUT2D eigenvalue weighted by atomic mass is 16.3. The predicted molar refractivity (Wildman–Crippen MR) is 134 cm³/mol. The third-order valence-electron chi connectivity index (χ3n) is 7.14. The smallest absolute Gasteiger partial charge is 0.125 e. The van der Waals surface area contributed by atoms with Crippen LogP contribution in [0.15, 0.2) is 72.5 Å². The standard InChI is InChI=1S/C29H38N2O/c1-22-10-9-13-23(18-22)11-4-5-14-26-27-20-24(19-25(27)21-28(26)32)12-3-2-7-16-30-29-15-6-8-17-31-29/h5-6,8-10,13-15,17-19,25-28,32H,2-4,7,11-12,16,20-21H2,1H3,(H,30,31)/b14-5+/t25-,26+,27-,28+/m0/s1. The molecular formula is C29H38N2O. The zero-order valence-corrected chi connectivity index (χ0v) is 19.4. The summed E-state index contributed by atoms with van der Waals surface area (Å²) in [5, 5.41) is 14.0. The largest absolute Gasteiger partial charge is 0.392 e. The lowest BCUT2D eigenvalue weighted by Gasteiger charge is -2.18. The summed E-state index contributed by atoms with van der Waals surface area (Å²) in [6.07, 6.45) is 18.0. The molecule has 2 aromatic rings. The van der Waals surface area contributed by atoms with E-state index in [0.717, 1.165) is 31.6 Å². The Morgan fingerprint density at radius 3 is 2.88 bits per heavy atom. The highest BCUT2D eigenvalue weighted by Gasteiger charge is 2.42. The number of allylic oxidation sites excluding steroid dienone is 3. The number of aryl methyl sites for hydroxylation is 2. The van der Waals surface area contributed by atoms with Crippen LogP contribution in [0.5, 0.6) is 0 Å². The van der Waals surface area contributed by atoms with Crippen LogP contribution >= 0.6 is 0 Å². The van der Waals surface area contributed by atoms with E-state index in [4.69, 9.17) is 0 Å². The molecule has 1 fully saturated rings. The maximum atomic E-state index is 10.6. The lowest BCUT2D eigenvalue weighted by atomic mass is 9.88. The van der Waals surface area contributed by atoms with Gasteiger partial charge in [0, 0.05) is 18.7 Å². The van der Waals surface area contributed by atoms with Crippen molar-refractivity contribution in [3.8, 4) is 0 Å². The van der Waals surface area contributed by atoms with Gasteiger partial charge in [0.05, 0.1) is 6.10 Å². The number of aromatic nitrogens is 1. The second-order valence-corrected chi connectivity index (χ2v) is 9.65. The molecule has 0 spiro atoms. The molecule has 4 atom stereocenters. The zero-order valence-electron chi connectivity index (χ0n) is 19.4. The van der Waals surface area contributed by atoms with Crippen LogP contribution < -0.4 is 5.32 Å². The van der Waals surface area contributed by atoms with Crippen molar-refractivity contribution in [3.63, 3.8) is 0 Å². The van der Waals surface area contributed by atoms with E-state index in [1.165, 1.54) is 43.2 Å². The van der Waals surface area contributed by atoms with E-state index in [0.29, 0.717) is 17.8 Å². The number of hydrogen-bond donors (Lipinski definition) is 2. The first-order valence-electron chi connectivity index (χ1n) is 12.4. The van der Waals surface area contributed by atoms with Crippen LogP contribution in [-0.2, 0) is 6.42 Å². The summed E-state index contributed by atoms with van der Waals surface area (Å²) in [5.74, 6) is 2.49. The molecule has 1 aromatic carbocycles. The molecule has 2 N–H and O–H groups in total. The van der Waals surface area contributed by atoms with E-state index in [1.807, 2.05) is 24.4 Å². The molecular weight excluding hydrogens is 392 g/mol. The van der Waals surface area contributed by atoms with Crippen molar-refractivity contribution in [2.24, 2.45) is 17.8 Å². The molecule has 3 nitrogen and oxygen atoms in total. The van der Waals surface area contributed by atoms with Gasteiger partial charge in [-0.3, -0.25) is 0 Å². The van der Waals surface area contributed by atoms with Gasteiger partial charge in [-0.2, -0.15) is 0 Å². The van der Waals surface area contributed by atoms with E-state index in [2.05, 4.69) is 59.7 Å². The Kier molecular flexibility index (Phi) is 8.17. The highest BCUT2D eigenvalue weighted by Crippen LogP contribution is 2.48. The summed E-state index contributed by atoms with van der Waals surface area (Å²) in [4.78, 5) is 4.30. The van der Waals surface area contributed by atoms with Crippen molar-refractivity contribution in [2.45, 2.75) is 64.4 Å².